The van der Waals surface area contributed by atoms with Crippen LogP contribution in [0.5, 0.6) is 0 Å². The number of fused-ring (bicyclic) bond motifs is 2. The van der Waals surface area contributed by atoms with Crippen LogP contribution in [0.2, 0.25) is 0 Å². The molecule has 3 heterocycles. The Morgan fingerprint density at radius 2 is 2.14 bits per heavy atom. The number of carbonyl (C=O) groups is 1. The zero-order valence-corrected chi connectivity index (χ0v) is 15.6. The number of amides is 1. The van der Waals surface area contributed by atoms with E-state index >= 15 is 0 Å². The van der Waals surface area contributed by atoms with Crippen LogP contribution < -0.4 is 16.0 Å². The number of hydrogen-bond donors (Lipinski definition) is 3. The lowest BCUT2D eigenvalue weighted by molar-refractivity contribution is 0.0952. The summed E-state index contributed by atoms with van der Waals surface area (Å²) in [6.07, 6.45) is 3.62. The molecule has 5 rings (SSSR count). The standard InChI is InChI=1S/C20H20N6O2/c1-11-8-13-15(4-3-5-16(13)28-11)24-17-9-18(21-2)26-19(25-17)14(10-22-26)20(27)23-12-6-7-12/h3-5,8-10,12,21H,6-7H2,1-2H3,(H,23,27)(H,24,25). The largest absolute Gasteiger partial charge is 0.461 e. The molecule has 8 heteroatoms. The van der Waals surface area contributed by atoms with E-state index < -0.39 is 0 Å². The summed E-state index contributed by atoms with van der Waals surface area (Å²) in [6.45, 7) is 1.92. The molecule has 0 saturated heterocycles. The number of nitrogens with one attached hydrogen (secondary N) is 3. The first-order valence-corrected chi connectivity index (χ1v) is 9.26. The molecule has 0 atom stereocenters. The molecule has 0 unspecified atom stereocenters. The smallest absolute Gasteiger partial charge is 0.256 e. The minimum absolute atomic E-state index is 0.142. The molecule has 1 fully saturated rings. The van der Waals surface area contributed by atoms with E-state index in [1.54, 1.807) is 10.7 Å². The minimum atomic E-state index is -0.142. The lowest BCUT2D eigenvalue weighted by Gasteiger charge is -2.11. The second-order valence-electron chi connectivity index (χ2n) is 7.02. The number of anilines is 3. The summed E-state index contributed by atoms with van der Waals surface area (Å²) in [6, 6.07) is 9.95. The summed E-state index contributed by atoms with van der Waals surface area (Å²) in [5.74, 6) is 2.05. The van der Waals surface area contributed by atoms with Gasteiger partial charge in [-0.25, -0.2) is 4.98 Å². The monoisotopic (exact) mass is 376 g/mol. The van der Waals surface area contributed by atoms with Crippen LogP contribution in [0.1, 0.15) is 29.0 Å². The molecule has 0 spiro atoms. The van der Waals surface area contributed by atoms with E-state index in [2.05, 4.69) is 26.0 Å². The summed E-state index contributed by atoms with van der Waals surface area (Å²) < 4.78 is 7.34. The van der Waals surface area contributed by atoms with Crippen molar-refractivity contribution >= 4 is 39.8 Å². The predicted molar refractivity (Wildman–Crippen MR) is 107 cm³/mol. The van der Waals surface area contributed by atoms with Crippen LogP contribution in [0.4, 0.5) is 17.3 Å². The van der Waals surface area contributed by atoms with E-state index in [0.717, 1.165) is 41.1 Å². The van der Waals surface area contributed by atoms with Crippen LogP contribution in [-0.4, -0.2) is 33.6 Å². The molecule has 1 aliphatic rings. The molecule has 3 N–H and O–H groups in total. The Bertz CT molecular complexity index is 1200. The zero-order chi connectivity index (χ0) is 19.3. The molecule has 0 aliphatic heterocycles. The molecular weight excluding hydrogens is 356 g/mol. The van der Waals surface area contributed by atoms with E-state index in [0.29, 0.717) is 17.0 Å². The molecule has 1 saturated carbocycles. The molecule has 1 aromatic carbocycles. The van der Waals surface area contributed by atoms with E-state index in [-0.39, 0.29) is 11.9 Å². The van der Waals surface area contributed by atoms with Crippen LogP contribution in [0, 0.1) is 6.92 Å². The van der Waals surface area contributed by atoms with Gasteiger partial charge in [-0.05, 0) is 38.0 Å². The van der Waals surface area contributed by atoms with Gasteiger partial charge in [0.1, 0.15) is 28.5 Å². The summed E-state index contributed by atoms with van der Waals surface area (Å²) >= 11 is 0. The number of aromatic nitrogens is 3. The van der Waals surface area contributed by atoms with E-state index in [1.165, 1.54) is 0 Å². The molecule has 4 aromatic rings. The van der Waals surface area contributed by atoms with E-state index in [9.17, 15) is 4.79 Å². The van der Waals surface area contributed by atoms with Crippen LogP contribution in [0.15, 0.2) is 40.9 Å². The summed E-state index contributed by atoms with van der Waals surface area (Å²) in [4.78, 5) is 17.2. The van der Waals surface area contributed by atoms with Crippen molar-refractivity contribution in [1.82, 2.24) is 19.9 Å². The van der Waals surface area contributed by atoms with Crippen LogP contribution in [-0.2, 0) is 0 Å². The molecule has 1 amide bonds. The van der Waals surface area contributed by atoms with Crippen LogP contribution in [0.25, 0.3) is 16.6 Å². The molecule has 1 aliphatic carbocycles. The van der Waals surface area contributed by atoms with Crippen molar-refractivity contribution in [3.63, 3.8) is 0 Å². The second-order valence-corrected chi connectivity index (χ2v) is 7.02. The summed E-state index contributed by atoms with van der Waals surface area (Å²) in [5, 5.41) is 14.8. The lowest BCUT2D eigenvalue weighted by Crippen LogP contribution is -2.25. The number of benzene rings is 1. The molecular formula is C20H20N6O2. The SMILES string of the molecule is CNc1cc(Nc2cccc3oc(C)cc23)nc2c(C(=O)NC3CC3)cnn12. The number of nitrogens with zero attached hydrogens (tertiary/aromatic N) is 3. The highest BCUT2D eigenvalue weighted by Crippen LogP contribution is 2.30. The van der Waals surface area contributed by atoms with Crippen molar-refractivity contribution in [3.8, 4) is 0 Å². The maximum absolute atomic E-state index is 12.6. The fraction of sp³-hybridized carbons (Fsp3) is 0.250. The first-order valence-electron chi connectivity index (χ1n) is 9.26. The van der Waals surface area contributed by atoms with Gasteiger partial charge in [0, 0.05) is 24.5 Å². The molecule has 0 radical (unpaired) electrons. The van der Waals surface area contributed by atoms with Crippen molar-refractivity contribution < 1.29 is 9.21 Å². The van der Waals surface area contributed by atoms with Crippen LogP contribution >= 0.6 is 0 Å². The quantitative estimate of drug-likeness (QED) is 0.494. The van der Waals surface area contributed by atoms with Gasteiger partial charge < -0.3 is 20.4 Å². The maximum atomic E-state index is 12.6. The molecule has 28 heavy (non-hydrogen) atoms. The summed E-state index contributed by atoms with van der Waals surface area (Å²) in [5.41, 5.74) is 2.66. The Morgan fingerprint density at radius 1 is 1.29 bits per heavy atom. The van der Waals surface area contributed by atoms with Gasteiger partial charge in [0.15, 0.2) is 5.65 Å². The number of hydrogen-bond acceptors (Lipinski definition) is 6. The second kappa shape index (κ2) is 6.26. The third-order valence-electron chi connectivity index (χ3n) is 4.83. The number of carbonyl (C=O) groups excluding carboxylic acids is 1. The van der Waals surface area contributed by atoms with Crippen molar-refractivity contribution in [2.45, 2.75) is 25.8 Å². The Labute approximate surface area is 160 Å². The van der Waals surface area contributed by atoms with Crippen molar-refractivity contribution in [3.05, 3.63) is 47.9 Å². The van der Waals surface area contributed by atoms with Crippen LogP contribution in [0.3, 0.4) is 0 Å². The van der Waals surface area contributed by atoms with Gasteiger partial charge in [-0.1, -0.05) is 6.07 Å². The third-order valence-corrected chi connectivity index (χ3v) is 4.83. The fourth-order valence-corrected chi connectivity index (χ4v) is 3.29. The van der Waals surface area contributed by atoms with Gasteiger partial charge in [-0.2, -0.15) is 9.61 Å². The van der Waals surface area contributed by atoms with Crippen molar-refractivity contribution in [2.24, 2.45) is 0 Å². The topological polar surface area (TPSA) is 96.5 Å². The minimum Gasteiger partial charge on any atom is -0.461 e. The average molecular weight is 376 g/mol. The van der Waals surface area contributed by atoms with Crippen molar-refractivity contribution in [1.29, 1.82) is 0 Å². The highest BCUT2D eigenvalue weighted by Gasteiger charge is 2.26. The Morgan fingerprint density at radius 3 is 2.93 bits per heavy atom. The first-order chi connectivity index (χ1) is 13.6. The fourth-order valence-electron chi connectivity index (χ4n) is 3.29. The Hall–Kier alpha value is -3.55. The lowest BCUT2D eigenvalue weighted by atomic mass is 10.2. The van der Waals surface area contributed by atoms with Gasteiger partial charge >= 0.3 is 0 Å². The van der Waals surface area contributed by atoms with Gasteiger partial charge in [-0.15, -0.1) is 0 Å². The van der Waals surface area contributed by atoms with E-state index in [4.69, 9.17) is 4.42 Å². The Kier molecular flexibility index (Phi) is 3.71. The highest BCUT2D eigenvalue weighted by atomic mass is 16.3. The van der Waals surface area contributed by atoms with E-state index in [1.807, 2.05) is 44.3 Å². The average Bonchev–Trinajstić information content (AvgIpc) is 3.24. The van der Waals surface area contributed by atoms with Gasteiger partial charge in [-0.3, -0.25) is 4.79 Å². The number of furan rings is 1. The summed E-state index contributed by atoms with van der Waals surface area (Å²) in [7, 11) is 1.81. The predicted octanol–water partition coefficient (Wildman–Crippen LogP) is 3.46. The van der Waals surface area contributed by atoms with Gasteiger partial charge in [0.2, 0.25) is 0 Å². The molecule has 142 valence electrons. The van der Waals surface area contributed by atoms with Gasteiger partial charge in [0.05, 0.1) is 11.9 Å². The normalized spacial score (nSPS) is 13.8. The van der Waals surface area contributed by atoms with Crippen molar-refractivity contribution in [2.75, 3.05) is 17.7 Å². The molecule has 0 bridgehead atoms. The number of rotatable bonds is 5. The first kappa shape index (κ1) is 16.6. The molecule has 3 aromatic heterocycles. The third kappa shape index (κ3) is 2.83. The molecule has 8 nitrogen and oxygen atoms in total. The maximum Gasteiger partial charge on any atom is 0.256 e. The number of aryl methyl sites for hydroxylation is 1. The van der Waals surface area contributed by atoms with Gasteiger partial charge in [0.25, 0.3) is 5.91 Å². The highest BCUT2D eigenvalue weighted by molar-refractivity contribution is 6.00. The zero-order valence-electron chi connectivity index (χ0n) is 15.6. The Balaban J connectivity index is 1.57.